The number of nitrogens with zero attached hydrogens (tertiary/aromatic N) is 1. The van der Waals surface area contributed by atoms with Crippen molar-refractivity contribution in [3.8, 4) is 0 Å². The van der Waals surface area contributed by atoms with Crippen molar-refractivity contribution in [2.24, 2.45) is 10.8 Å². The Hall–Kier alpha value is -1.77. The molecule has 0 fully saturated rings. The van der Waals surface area contributed by atoms with Gasteiger partial charge in [-0.1, -0.05) is 13.0 Å². The number of nitrogens with one attached hydrogen (secondary N) is 1. The first-order valence-electron chi connectivity index (χ1n) is 6.28. The monoisotopic (exact) mass is 245 g/mol. The molecular weight excluding hydrogens is 222 g/mol. The predicted octanol–water partition coefficient (Wildman–Crippen LogP) is 3.73. The number of hydrogen-bond donors (Lipinski definition) is 2. The average molecular weight is 245 g/mol. The van der Waals surface area contributed by atoms with Gasteiger partial charge in [0.2, 0.25) is 0 Å². The van der Waals surface area contributed by atoms with Crippen molar-refractivity contribution >= 4 is 11.4 Å². The van der Waals surface area contributed by atoms with Crippen LogP contribution in [0.2, 0.25) is 0 Å². The van der Waals surface area contributed by atoms with Gasteiger partial charge in [0.15, 0.2) is 0 Å². The molecule has 0 saturated heterocycles. The number of allylic oxidation sites excluding steroid dienone is 2. The minimum Gasteiger partial charge on any atom is -0.402 e. The Morgan fingerprint density at radius 3 is 2.22 bits per heavy atom. The zero-order chi connectivity index (χ0) is 13.7. The van der Waals surface area contributed by atoms with Gasteiger partial charge >= 0.3 is 0 Å². The summed E-state index contributed by atoms with van der Waals surface area (Å²) in [4.78, 5) is 0. The van der Waals surface area contributed by atoms with Gasteiger partial charge in [0, 0.05) is 5.70 Å². The molecule has 1 rings (SSSR count). The maximum atomic E-state index is 5.91. The predicted molar refractivity (Wildman–Crippen MR) is 79.8 cm³/mol. The molecule has 0 aliphatic heterocycles. The summed E-state index contributed by atoms with van der Waals surface area (Å²) in [5.41, 5.74) is 15.3. The van der Waals surface area contributed by atoms with Crippen LogP contribution in [0.15, 0.2) is 34.6 Å². The lowest BCUT2D eigenvalue weighted by molar-refractivity contribution is 1.04. The summed E-state index contributed by atoms with van der Waals surface area (Å²) in [6, 6.07) is 6.29. The second kappa shape index (κ2) is 6.24. The number of nitrogens with two attached hydrogens (primary N) is 1. The van der Waals surface area contributed by atoms with Gasteiger partial charge in [-0.05, 0) is 62.9 Å². The molecule has 0 aliphatic rings. The van der Waals surface area contributed by atoms with Crippen LogP contribution in [0.3, 0.4) is 0 Å². The van der Waals surface area contributed by atoms with E-state index in [0.717, 1.165) is 29.1 Å². The molecule has 0 aromatic heterocycles. The molecule has 3 N–H and O–H groups in total. The van der Waals surface area contributed by atoms with Crippen LogP contribution in [0.1, 0.15) is 38.3 Å². The van der Waals surface area contributed by atoms with Crippen LogP contribution in [0, 0.1) is 13.8 Å². The topological polar surface area (TPSA) is 50.4 Å². The molecule has 0 bridgehead atoms. The number of anilines is 1. The summed E-state index contributed by atoms with van der Waals surface area (Å²) in [6.45, 7) is 10.2. The molecule has 0 atom stereocenters. The lowest BCUT2D eigenvalue weighted by Crippen LogP contribution is -2.07. The van der Waals surface area contributed by atoms with Crippen LogP contribution in [-0.2, 0) is 0 Å². The highest BCUT2D eigenvalue weighted by atomic mass is 15.3. The molecule has 1 aromatic carbocycles. The van der Waals surface area contributed by atoms with E-state index in [1.807, 2.05) is 20.8 Å². The quantitative estimate of drug-likeness (QED) is 0.627. The van der Waals surface area contributed by atoms with E-state index in [4.69, 9.17) is 5.73 Å². The Balaban J connectivity index is 2.86. The molecule has 0 spiro atoms. The third-order valence-electron chi connectivity index (χ3n) is 2.98. The fraction of sp³-hybridized carbons (Fsp3) is 0.400. The molecular formula is C15H23N3. The highest BCUT2D eigenvalue weighted by molar-refractivity contribution is 5.98. The number of aryl methyl sites for hydroxylation is 2. The van der Waals surface area contributed by atoms with Crippen molar-refractivity contribution in [2.45, 2.75) is 41.0 Å². The first-order chi connectivity index (χ1) is 8.43. The van der Waals surface area contributed by atoms with E-state index in [1.165, 1.54) is 11.1 Å². The minimum atomic E-state index is 0.849. The average Bonchev–Trinajstić information content (AvgIpc) is 2.32. The van der Waals surface area contributed by atoms with Crippen LogP contribution < -0.4 is 11.2 Å². The normalized spacial score (nSPS) is 13.3. The Morgan fingerprint density at radius 2 is 1.72 bits per heavy atom. The van der Waals surface area contributed by atoms with E-state index in [1.54, 1.807) is 0 Å². The SMILES string of the molecule is CCC(N)=C(C)C(C)=NNc1cc(C)cc(C)c1. The number of hydrazone groups is 1. The summed E-state index contributed by atoms with van der Waals surface area (Å²) >= 11 is 0. The molecule has 0 aliphatic carbocycles. The van der Waals surface area contributed by atoms with Gasteiger partial charge in [-0.15, -0.1) is 0 Å². The van der Waals surface area contributed by atoms with E-state index >= 15 is 0 Å². The Kier molecular flexibility index (Phi) is 4.95. The van der Waals surface area contributed by atoms with Gasteiger partial charge in [-0.2, -0.15) is 5.10 Å². The lowest BCUT2D eigenvalue weighted by atomic mass is 10.1. The fourth-order valence-electron chi connectivity index (χ4n) is 1.77. The van der Waals surface area contributed by atoms with Crippen molar-refractivity contribution in [3.05, 3.63) is 40.6 Å². The van der Waals surface area contributed by atoms with Crippen LogP contribution in [0.25, 0.3) is 0 Å². The van der Waals surface area contributed by atoms with E-state index in [0.29, 0.717) is 0 Å². The molecule has 1 aromatic rings. The van der Waals surface area contributed by atoms with Crippen LogP contribution >= 0.6 is 0 Å². The van der Waals surface area contributed by atoms with Crippen molar-refractivity contribution in [1.29, 1.82) is 0 Å². The van der Waals surface area contributed by atoms with E-state index in [2.05, 4.69) is 42.6 Å². The maximum absolute atomic E-state index is 5.91. The van der Waals surface area contributed by atoms with Gasteiger partial charge in [0.05, 0.1) is 11.4 Å². The third-order valence-corrected chi connectivity index (χ3v) is 2.98. The van der Waals surface area contributed by atoms with Gasteiger partial charge in [0.1, 0.15) is 0 Å². The number of rotatable bonds is 4. The highest BCUT2D eigenvalue weighted by Gasteiger charge is 2.00. The number of hydrogen-bond acceptors (Lipinski definition) is 3. The molecule has 0 heterocycles. The standard InChI is InChI=1S/C15H23N3/c1-6-15(16)12(4)13(5)17-18-14-8-10(2)7-11(3)9-14/h7-9,18H,6,16H2,1-5H3. The van der Waals surface area contributed by atoms with Crippen molar-refractivity contribution in [1.82, 2.24) is 0 Å². The number of benzene rings is 1. The second-order valence-corrected chi connectivity index (χ2v) is 4.69. The fourth-order valence-corrected chi connectivity index (χ4v) is 1.77. The van der Waals surface area contributed by atoms with Crippen LogP contribution in [0.4, 0.5) is 5.69 Å². The summed E-state index contributed by atoms with van der Waals surface area (Å²) in [5.74, 6) is 0. The minimum absolute atomic E-state index is 0.849. The Bertz CT molecular complexity index is 464. The van der Waals surface area contributed by atoms with Crippen molar-refractivity contribution in [2.75, 3.05) is 5.43 Å². The molecule has 0 amide bonds. The molecule has 0 unspecified atom stereocenters. The maximum Gasteiger partial charge on any atom is 0.0622 e. The molecule has 98 valence electrons. The highest BCUT2D eigenvalue weighted by Crippen LogP contribution is 2.14. The largest absolute Gasteiger partial charge is 0.402 e. The second-order valence-electron chi connectivity index (χ2n) is 4.69. The van der Waals surface area contributed by atoms with E-state index in [-0.39, 0.29) is 0 Å². The van der Waals surface area contributed by atoms with E-state index in [9.17, 15) is 0 Å². The summed E-state index contributed by atoms with van der Waals surface area (Å²) in [7, 11) is 0. The van der Waals surface area contributed by atoms with Gasteiger partial charge in [-0.3, -0.25) is 5.43 Å². The summed E-state index contributed by atoms with van der Waals surface area (Å²) in [6.07, 6.45) is 0.849. The third kappa shape index (κ3) is 3.91. The molecule has 18 heavy (non-hydrogen) atoms. The Labute approximate surface area is 110 Å². The molecule has 0 radical (unpaired) electrons. The zero-order valence-electron chi connectivity index (χ0n) is 12.0. The van der Waals surface area contributed by atoms with Crippen molar-refractivity contribution < 1.29 is 0 Å². The lowest BCUT2D eigenvalue weighted by Gasteiger charge is -2.08. The summed E-state index contributed by atoms with van der Waals surface area (Å²) < 4.78 is 0. The van der Waals surface area contributed by atoms with Crippen molar-refractivity contribution in [3.63, 3.8) is 0 Å². The molecule has 3 nitrogen and oxygen atoms in total. The first-order valence-corrected chi connectivity index (χ1v) is 6.28. The van der Waals surface area contributed by atoms with Crippen LogP contribution in [0.5, 0.6) is 0 Å². The first kappa shape index (κ1) is 14.3. The Morgan fingerprint density at radius 1 is 1.17 bits per heavy atom. The van der Waals surface area contributed by atoms with Gasteiger partial charge in [0.25, 0.3) is 0 Å². The van der Waals surface area contributed by atoms with Crippen LogP contribution in [-0.4, -0.2) is 5.71 Å². The molecule has 3 heteroatoms. The van der Waals surface area contributed by atoms with E-state index < -0.39 is 0 Å². The smallest absolute Gasteiger partial charge is 0.0622 e. The van der Waals surface area contributed by atoms with Gasteiger partial charge < -0.3 is 5.73 Å². The molecule has 0 saturated carbocycles. The van der Waals surface area contributed by atoms with Gasteiger partial charge in [-0.25, -0.2) is 0 Å². The summed E-state index contributed by atoms with van der Waals surface area (Å²) in [5, 5.41) is 4.37. The zero-order valence-corrected chi connectivity index (χ0v) is 12.0.